The Labute approximate surface area is 229 Å². The minimum Gasteiger partial charge on any atom is -0.428 e. The fourth-order valence-corrected chi connectivity index (χ4v) is 3.96. The van der Waals surface area contributed by atoms with E-state index in [4.69, 9.17) is 0 Å². The third kappa shape index (κ3) is 8.00. The van der Waals surface area contributed by atoms with Gasteiger partial charge in [0.2, 0.25) is 0 Å². The van der Waals surface area contributed by atoms with Gasteiger partial charge in [0.25, 0.3) is 0 Å². The van der Waals surface area contributed by atoms with Crippen molar-refractivity contribution in [2.45, 2.75) is 36.8 Å². The first-order valence-corrected chi connectivity index (χ1v) is 11.5. The molecule has 0 aliphatic carbocycles. The summed E-state index contributed by atoms with van der Waals surface area (Å²) >= 11 is 0. The summed E-state index contributed by atoms with van der Waals surface area (Å²) in [4.78, 5) is 12.7. The lowest BCUT2D eigenvalue weighted by molar-refractivity contribution is -0.253. The first-order valence-electron chi connectivity index (χ1n) is 11.5. The molecule has 3 aromatic carbocycles. The van der Waals surface area contributed by atoms with Crippen molar-refractivity contribution in [3.8, 4) is 5.75 Å². The number of rotatable bonds is 9. The summed E-state index contributed by atoms with van der Waals surface area (Å²) < 4.78 is 165. The van der Waals surface area contributed by atoms with Crippen molar-refractivity contribution >= 4 is 6.03 Å². The Kier molecular flexibility index (Phi) is 9.27. The van der Waals surface area contributed by atoms with E-state index in [-0.39, 0.29) is 17.7 Å². The second kappa shape index (κ2) is 12.0. The van der Waals surface area contributed by atoms with Gasteiger partial charge in [0.15, 0.2) is 0 Å². The van der Waals surface area contributed by atoms with Crippen molar-refractivity contribution in [1.29, 1.82) is 0 Å². The molecule has 0 fully saturated rings. The van der Waals surface area contributed by atoms with Crippen LogP contribution in [0.1, 0.15) is 22.3 Å². The number of nitrogens with one attached hydrogen (secondary N) is 2. The van der Waals surface area contributed by atoms with Gasteiger partial charge in [-0.3, -0.25) is 0 Å². The van der Waals surface area contributed by atoms with Crippen LogP contribution in [0.2, 0.25) is 0 Å². The summed E-state index contributed by atoms with van der Waals surface area (Å²) in [5.74, 6) is -4.54. The second-order valence-electron chi connectivity index (χ2n) is 8.82. The number of alkyl halides is 10. The molecule has 0 bridgehead atoms. The second-order valence-corrected chi connectivity index (χ2v) is 8.82. The van der Waals surface area contributed by atoms with E-state index >= 15 is 0 Å². The molecule has 3 aromatic rings. The third-order valence-corrected chi connectivity index (χ3v) is 5.73. The van der Waals surface area contributed by atoms with Crippen LogP contribution in [0.25, 0.3) is 0 Å². The van der Waals surface area contributed by atoms with E-state index < -0.39 is 83.5 Å². The van der Waals surface area contributed by atoms with Crippen LogP contribution < -0.4 is 15.4 Å². The Morgan fingerprint density at radius 1 is 0.810 bits per heavy atom. The molecule has 1 atom stereocenters. The van der Waals surface area contributed by atoms with Crippen molar-refractivity contribution in [3.05, 3.63) is 101 Å². The molecule has 0 saturated carbocycles. The fourth-order valence-electron chi connectivity index (χ4n) is 3.96. The lowest BCUT2D eigenvalue weighted by atomic mass is 9.77. The first-order chi connectivity index (χ1) is 19.3. The maximum atomic E-state index is 14.7. The molecule has 0 aliphatic heterocycles. The van der Waals surface area contributed by atoms with E-state index in [1.807, 2.05) is 5.32 Å². The lowest BCUT2D eigenvalue weighted by Crippen LogP contribution is -2.53. The lowest BCUT2D eigenvalue weighted by Gasteiger charge is -2.37. The highest BCUT2D eigenvalue weighted by Gasteiger charge is 2.45. The normalized spacial score (nSPS) is 13.9. The zero-order valence-corrected chi connectivity index (χ0v) is 20.7. The zero-order chi connectivity index (χ0) is 31.5. The van der Waals surface area contributed by atoms with E-state index in [2.05, 4.69) is 4.74 Å². The summed E-state index contributed by atoms with van der Waals surface area (Å²) in [6.07, 6.45) is -20.6. The zero-order valence-electron chi connectivity index (χ0n) is 20.7. The van der Waals surface area contributed by atoms with Crippen LogP contribution in [0, 0.1) is 11.6 Å². The molecule has 0 heterocycles. The number of urea groups is 1. The summed E-state index contributed by atoms with van der Waals surface area (Å²) in [5, 5.41) is 3.45. The summed E-state index contributed by atoms with van der Waals surface area (Å²) in [5.41, 5.74) is -5.73. The third-order valence-electron chi connectivity index (χ3n) is 5.73. The number of amides is 2. The molecule has 228 valence electrons. The number of carbonyl (C=O) groups is 1. The van der Waals surface area contributed by atoms with Gasteiger partial charge in [-0.1, -0.05) is 36.4 Å². The van der Waals surface area contributed by atoms with Crippen molar-refractivity contribution in [2.24, 2.45) is 0 Å². The molecule has 4 nitrogen and oxygen atoms in total. The molecule has 0 saturated heterocycles. The molecule has 0 spiro atoms. The van der Waals surface area contributed by atoms with E-state index in [0.717, 1.165) is 0 Å². The van der Waals surface area contributed by atoms with Crippen molar-refractivity contribution in [2.75, 3.05) is 6.54 Å². The molecular weight excluding hydrogens is 600 g/mol. The minimum absolute atomic E-state index is 0.149. The molecule has 1 unspecified atom stereocenters. The maximum absolute atomic E-state index is 14.7. The van der Waals surface area contributed by atoms with Gasteiger partial charge in [-0.05, 0) is 41.0 Å². The van der Waals surface area contributed by atoms with Crippen LogP contribution in [0.4, 0.5) is 57.5 Å². The molecule has 0 radical (unpaired) electrons. The predicted molar refractivity (Wildman–Crippen MR) is 123 cm³/mol. The Morgan fingerprint density at radius 3 is 2.02 bits per heavy atom. The van der Waals surface area contributed by atoms with Gasteiger partial charge in [-0.15, -0.1) is 0 Å². The van der Waals surface area contributed by atoms with Gasteiger partial charge < -0.3 is 15.4 Å². The molecule has 0 aliphatic rings. The quantitative estimate of drug-likeness (QED) is 0.243. The number of benzene rings is 3. The van der Waals surface area contributed by atoms with Gasteiger partial charge in [0.05, 0.1) is 11.1 Å². The Bertz CT molecular complexity index is 1390. The topological polar surface area (TPSA) is 50.4 Å². The van der Waals surface area contributed by atoms with Crippen LogP contribution in [0.15, 0.2) is 66.7 Å². The monoisotopic (exact) mass is 618 g/mol. The van der Waals surface area contributed by atoms with Crippen LogP contribution in [0.5, 0.6) is 5.75 Å². The summed E-state index contributed by atoms with van der Waals surface area (Å²) in [6, 6.07) is 7.73. The van der Waals surface area contributed by atoms with Crippen molar-refractivity contribution in [1.82, 2.24) is 10.6 Å². The van der Waals surface area contributed by atoms with Gasteiger partial charge >= 0.3 is 30.9 Å². The van der Waals surface area contributed by atoms with Gasteiger partial charge in [-0.25, -0.2) is 13.6 Å². The maximum Gasteiger partial charge on any atom is 0.461 e. The Balaban J connectivity index is 2.34. The van der Waals surface area contributed by atoms with Crippen LogP contribution in [0.3, 0.4) is 0 Å². The SMILES string of the molecule is O=C(NCC(F)(F)F)NC(Cc1ccccc1)(c1cc(F)cc(OC(F)(F)C(F)F)c1)c1ccc(F)c(C(F)(F)F)c1. The fraction of sp³-hybridized carbons (Fsp3) is 0.269. The molecular formula is C26H18F12N2O2. The van der Waals surface area contributed by atoms with E-state index in [1.54, 1.807) is 0 Å². The highest BCUT2D eigenvalue weighted by molar-refractivity contribution is 5.76. The van der Waals surface area contributed by atoms with Gasteiger partial charge in [-0.2, -0.15) is 43.9 Å². The Hall–Kier alpha value is -4.11. The van der Waals surface area contributed by atoms with Crippen LogP contribution in [-0.2, 0) is 18.1 Å². The van der Waals surface area contributed by atoms with Crippen molar-refractivity contribution in [3.63, 3.8) is 0 Å². The number of halogens is 12. The smallest absolute Gasteiger partial charge is 0.428 e. The summed E-state index contributed by atoms with van der Waals surface area (Å²) in [6.45, 7) is -1.93. The largest absolute Gasteiger partial charge is 0.461 e. The minimum atomic E-state index is -5.34. The molecule has 16 heteroatoms. The Morgan fingerprint density at radius 2 is 1.45 bits per heavy atom. The van der Waals surface area contributed by atoms with Gasteiger partial charge in [0, 0.05) is 12.5 Å². The first kappa shape index (κ1) is 32.4. The molecule has 2 N–H and O–H groups in total. The molecule has 2 amide bonds. The van der Waals surface area contributed by atoms with E-state index in [9.17, 15) is 57.5 Å². The average molecular weight is 618 g/mol. The van der Waals surface area contributed by atoms with E-state index in [1.165, 1.54) is 35.6 Å². The number of carbonyl (C=O) groups excluding carboxylic acids is 1. The molecule has 42 heavy (non-hydrogen) atoms. The van der Waals surface area contributed by atoms with Crippen molar-refractivity contribution < 1.29 is 62.2 Å². The van der Waals surface area contributed by atoms with Crippen LogP contribution >= 0.6 is 0 Å². The molecule has 0 aromatic heterocycles. The number of ether oxygens (including phenoxy) is 1. The highest BCUT2D eigenvalue weighted by Crippen LogP contribution is 2.40. The average Bonchev–Trinajstić information content (AvgIpc) is 2.86. The standard InChI is InChI=1S/C26H18F12N2O2/c27-17-8-16(9-18(11-17)42-26(37,38)21(29)30)23(12-14-4-2-1-3-5-14,40-22(41)39-13-24(31,32)33)15-6-7-20(28)19(10-15)25(34,35)36/h1-11,21H,12-13H2,(H2,39,40,41). The predicted octanol–water partition coefficient (Wildman–Crippen LogP) is 7.57. The molecule has 3 rings (SSSR count). The van der Waals surface area contributed by atoms with Crippen LogP contribution in [-0.4, -0.2) is 31.3 Å². The highest BCUT2D eigenvalue weighted by atomic mass is 19.4. The van der Waals surface area contributed by atoms with Gasteiger partial charge in [0.1, 0.15) is 23.9 Å². The number of hydrogen-bond donors (Lipinski definition) is 2. The number of hydrogen-bond acceptors (Lipinski definition) is 2. The van der Waals surface area contributed by atoms with E-state index in [0.29, 0.717) is 24.3 Å². The summed E-state index contributed by atoms with van der Waals surface area (Å²) in [7, 11) is 0.